The predicted octanol–water partition coefficient (Wildman–Crippen LogP) is 2.86. The smallest absolute Gasteiger partial charge is 0.140 e. The number of hydrogen-bond donors (Lipinski definition) is 2. The molecule has 1 aliphatic rings. The highest BCUT2D eigenvalue weighted by molar-refractivity contribution is 7.15. The first-order valence-electron chi connectivity index (χ1n) is 5.98. The summed E-state index contributed by atoms with van der Waals surface area (Å²) in [4.78, 5) is 9.08. The molecule has 2 N–H and O–H groups in total. The van der Waals surface area contributed by atoms with E-state index in [0.717, 1.165) is 29.2 Å². The van der Waals surface area contributed by atoms with Gasteiger partial charge in [-0.1, -0.05) is 6.42 Å². The summed E-state index contributed by atoms with van der Waals surface area (Å²) >= 11 is 1.72. The highest BCUT2D eigenvalue weighted by Gasteiger charge is 2.41. The molecule has 1 fully saturated rings. The lowest BCUT2D eigenvalue weighted by Crippen LogP contribution is -2.37. The Morgan fingerprint density at radius 1 is 1.53 bits per heavy atom. The van der Waals surface area contributed by atoms with Crippen LogP contribution in [0.15, 0.2) is 18.3 Å². The van der Waals surface area contributed by atoms with Gasteiger partial charge in [-0.15, -0.1) is 11.3 Å². The zero-order chi connectivity index (χ0) is 11.9. The minimum Gasteiger partial charge on any atom is -0.395 e. The molecule has 0 saturated heterocycles. The molecule has 2 heterocycles. The van der Waals surface area contributed by atoms with Crippen molar-refractivity contribution >= 4 is 11.3 Å². The molecule has 0 bridgehead atoms. The average Bonchev–Trinajstić information content (AvgIpc) is 2.87. The van der Waals surface area contributed by atoms with Crippen molar-refractivity contribution in [1.82, 2.24) is 9.97 Å². The predicted molar refractivity (Wildman–Crippen MR) is 69.3 cm³/mol. The van der Waals surface area contributed by atoms with Gasteiger partial charge < -0.3 is 10.1 Å². The van der Waals surface area contributed by atoms with Gasteiger partial charge in [-0.2, -0.15) is 0 Å². The summed E-state index contributed by atoms with van der Waals surface area (Å²) in [5, 5.41) is 10.7. The molecular formula is C13H16N2OS. The molecule has 1 saturated carbocycles. The van der Waals surface area contributed by atoms with E-state index in [1.165, 1.54) is 11.3 Å². The van der Waals surface area contributed by atoms with E-state index in [2.05, 4.69) is 9.97 Å². The van der Waals surface area contributed by atoms with Gasteiger partial charge in [0.15, 0.2) is 0 Å². The van der Waals surface area contributed by atoms with Crippen LogP contribution < -0.4 is 0 Å². The van der Waals surface area contributed by atoms with Crippen LogP contribution in [0.5, 0.6) is 0 Å². The van der Waals surface area contributed by atoms with Gasteiger partial charge in [0.25, 0.3) is 0 Å². The monoisotopic (exact) mass is 248 g/mol. The summed E-state index contributed by atoms with van der Waals surface area (Å²) < 4.78 is 0. The second-order valence-corrected chi connectivity index (χ2v) is 5.81. The number of nitrogens with one attached hydrogen (secondary N) is 1. The lowest BCUT2D eigenvalue weighted by atomic mass is 9.68. The van der Waals surface area contributed by atoms with E-state index in [1.807, 2.05) is 25.3 Å². The molecule has 0 atom stereocenters. The van der Waals surface area contributed by atoms with Crippen LogP contribution in [0, 0.1) is 6.92 Å². The lowest BCUT2D eigenvalue weighted by Gasteiger charge is -2.39. The van der Waals surface area contributed by atoms with Crippen molar-refractivity contribution < 1.29 is 5.11 Å². The van der Waals surface area contributed by atoms with E-state index in [0.29, 0.717) is 0 Å². The molecule has 0 aliphatic heterocycles. The zero-order valence-corrected chi connectivity index (χ0v) is 10.7. The van der Waals surface area contributed by atoms with Gasteiger partial charge in [0.05, 0.1) is 18.0 Å². The first-order valence-corrected chi connectivity index (χ1v) is 6.79. The molecule has 17 heavy (non-hydrogen) atoms. The van der Waals surface area contributed by atoms with Gasteiger partial charge in [-0.3, -0.25) is 0 Å². The van der Waals surface area contributed by atoms with Crippen molar-refractivity contribution in [1.29, 1.82) is 0 Å². The van der Waals surface area contributed by atoms with E-state index >= 15 is 0 Å². The van der Waals surface area contributed by atoms with Crippen LogP contribution in [-0.4, -0.2) is 21.7 Å². The number of aliphatic hydroxyl groups excluding tert-OH is 1. The third-order valence-electron chi connectivity index (χ3n) is 3.72. The van der Waals surface area contributed by atoms with Crippen LogP contribution in [-0.2, 0) is 5.41 Å². The van der Waals surface area contributed by atoms with Crippen molar-refractivity contribution in [2.24, 2.45) is 0 Å². The second-order valence-electron chi connectivity index (χ2n) is 4.81. The number of aromatic nitrogens is 2. The SMILES string of the molecule is Cc1nc(-c2ccc[nH]2)sc1C1(CO)CCC1. The minimum absolute atomic E-state index is 0.00654. The van der Waals surface area contributed by atoms with Crippen LogP contribution in [0.2, 0.25) is 0 Å². The summed E-state index contributed by atoms with van der Waals surface area (Å²) in [5.41, 5.74) is 2.15. The molecule has 1 aliphatic carbocycles. The molecule has 0 amide bonds. The Kier molecular flexibility index (Phi) is 2.56. The Hall–Kier alpha value is -1.13. The summed E-state index contributed by atoms with van der Waals surface area (Å²) in [6.07, 6.45) is 5.32. The van der Waals surface area contributed by atoms with Gasteiger partial charge in [0.2, 0.25) is 0 Å². The summed E-state index contributed by atoms with van der Waals surface area (Å²) in [7, 11) is 0. The van der Waals surface area contributed by atoms with Gasteiger partial charge in [0.1, 0.15) is 5.01 Å². The van der Waals surface area contributed by atoms with E-state index in [1.54, 1.807) is 11.3 Å². The third-order valence-corrected chi connectivity index (χ3v) is 5.16. The number of nitrogens with zero attached hydrogens (tertiary/aromatic N) is 1. The van der Waals surface area contributed by atoms with Crippen LogP contribution in [0.25, 0.3) is 10.7 Å². The number of aryl methyl sites for hydroxylation is 1. The van der Waals surface area contributed by atoms with Crippen LogP contribution in [0.3, 0.4) is 0 Å². The number of aromatic amines is 1. The maximum absolute atomic E-state index is 9.63. The quantitative estimate of drug-likeness (QED) is 0.877. The van der Waals surface area contributed by atoms with Crippen molar-refractivity contribution in [2.45, 2.75) is 31.6 Å². The number of H-pyrrole nitrogens is 1. The number of hydrogen-bond acceptors (Lipinski definition) is 3. The largest absolute Gasteiger partial charge is 0.395 e. The molecule has 3 rings (SSSR count). The maximum Gasteiger partial charge on any atom is 0.140 e. The molecule has 0 radical (unpaired) electrons. The van der Waals surface area contributed by atoms with Crippen molar-refractivity contribution in [2.75, 3.05) is 6.61 Å². The van der Waals surface area contributed by atoms with Crippen LogP contribution in [0.4, 0.5) is 0 Å². The maximum atomic E-state index is 9.63. The molecule has 2 aromatic rings. The topological polar surface area (TPSA) is 48.9 Å². The molecule has 3 nitrogen and oxygen atoms in total. The second kappa shape index (κ2) is 3.96. The fraction of sp³-hybridized carbons (Fsp3) is 0.462. The number of aliphatic hydroxyl groups is 1. The van der Waals surface area contributed by atoms with Crippen molar-refractivity contribution in [3.63, 3.8) is 0 Å². The minimum atomic E-state index is 0.00654. The molecule has 90 valence electrons. The van der Waals surface area contributed by atoms with E-state index in [-0.39, 0.29) is 12.0 Å². The Bertz CT molecular complexity index is 506. The van der Waals surface area contributed by atoms with Crippen LogP contribution >= 0.6 is 11.3 Å². The third kappa shape index (κ3) is 1.63. The summed E-state index contributed by atoms with van der Waals surface area (Å²) in [5.74, 6) is 0. The lowest BCUT2D eigenvalue weighted by molar-refractivity contribution is 0.122. The van der Waals surface area contributed by atoms with Gasteiger partial charge in [0, 0.05) is 16.5 Å². The molecule has 0 aromatic carbocycles. The molecule has 2 aromatic heterocycles. The summed E-state index contributed by atoms with van der Waals surface area (Å²) in [6, 6.07) is 4.02. The van der Waals surface area contributed by atoms with Gasteiger partial charge in [-0.25, -0.2) is 4.98 Å². The highest BCUT2D eigenvalue weighted by Crippen LogP contribution is 2.47. The Labute approximate surface area is 105 Å². The standard InChI is InChI=1S/C13H16N2OS/c1-9-11(13(8-16)5-3-6-13)17-12(15-9)10-4-2-7-14-10/h2,4,7,14,16H,3,5-6,8H2,1H3. The normalized spacial score (nSPS) is 18.0. The van der Waals surface area contributed by atoms with Crippen molar-refractivity contribution in [3.05, 3.63) is 28.9 Å². The molecule has 4 heteroatoms. The Morgan fingerprint density at radius 2 is 2.35 bits per heavy atom. The first kappa shape index (κ1) is 11.0. The Balaban J connectivity index is 2.02. The van der Waals surface area contributed by atoms with Crippen molar-refractivity contribution in [3.8, 4) is 10.7 Å². The van der Waals surface area contributed by atoms with E-state index in [4.69, 9.17) is 0 Å². The fourth-order valence-electron chi connectivity index (χ4n) is 2.53. The number of rotatable bonds is 3. The summed E-state index contributed by atoms with van der Waals surface area (Å²) in [6.45, 7) is 2.30. The fourth-order valence-corrected chi connectivity index (χ4v) is 3.82. The van der Waals surface area contributed by atoms with E-state index in [9.17, 15) is 5.11 Å². The highest BCUT2D eigenvalue weighted by atomic mass is 32.1. The van der Waals surface area contributed by atoms with Gasteiger partial charge in [-0.05, 0) is 31.9 Å². The average molecular weight is 248 g/mol. The molecule has 0 unspecified atom stereocenters. The molecular weight excluding hydrogens is 232 g/mol. The zero-order valence-electron chi connectivity index (χ0n) is 9.86. The van der Waals surface area contributed by atoms with Crippen LogP contribution in [0.1, 0.15) is 29.8 Å². The number of thiazole rings is 1. The van der Waals surface area contributed by atoms with Gasteiger partial charge >= 0.3 is 0 Å². The molecule has 0 spiro atoms. The Morgan fingerprint density at radius 3 is 2.88 bits per heavy atom. The first-order chi connectivity index (χ1) is 8.25. The van der Waals surface area contributed by atoms with E-state index < -0.39 is 0 Å².